The third-order valence-corrected chi connectivity index (χ3v) is 5.91. The zero-order valence-corrected chi connectivity index (χ0v) is 16.6. The Kier molecular flexibility index (Phi) is 4.72. The second-order valence-electron chi connectivity index (χ2n) is 7.92. The molecule has 0 aromatic carbocycles. The van der Waals surface area contributed by atoms with Gasteiger partial charge in [-0.2, -0.15) is 5.10 Å². The standard InChI is InChI=1S/C21H23FN6O2/c22-15-11-16-17-4-3-8-27(17)18-5-9-28-20(25-18)14(12-24-28)10-19(29)23-6-1-2-7-26(13-15)21(16)30/h5,9,11-13,17H,1-4,6-8,10H2,(H,23,29)/t17-/m1/s1. The van der Waals surface area contributed by atoms with Crippen LogP contribution >= 0.6 is 0 Å². The van der Waals surface area contributed by atoms with Crippen molar-refractivity contribution in [3.05, 3.63) is 58.0 Å². The number of hydrogen-bond donors (Lipinski definition) is 1. The highest BCUT2D eigenvalue weighted by Crippen LogP contribution is 2.34. The minimum Gasteiger partial charge on any atom is -0.356 e. The number of amides is 1. The SMILES string of the molecule is O=C1Cc2cnn3ccc(nc23)N2CCC[C@@H]2c2cc(F)cn(c2=O)CCCCN1. The number of nitrogens with zero attached hydrogens (tertiary/aromatic N) is 5. The lowest BCUT2D eigenvalue weighted by molar-refractivity contribution is -0.120. The number of carbonyl (C=O) groups excluding carboxylic acids is 1. The Bertz CT molecular complexity index is 1170. The molecule has 1 amide bonds. The van der Waals surface area contributed by atoms with E-state index in [1.165, 1.54) is 16.8 Å². The van der Waals surface area contributed by atoms with Crippen molar-refractivity contribution in [2.45, 2.75) is 44.7 Å². The van der Waals surface area contributed by atoms with Crippen molar-refractivity contribution >= 4 is 17.4 Å². The molecule has 0 radical (unpaired) electrons. The van der Waals surface area contributed by atoms with E-state index in [2.05, 4.69) is 15.3 Å². The lowest BCUT2D eigenvalue weighted by atomic mass is 10.1. The lowest BCUT2D eigenvalue weighted by Crippen LogP contribution is -2.32. The fraction of sp³-hybridized carbons (Fsp3) is 0.429. The van der Waals surface area contributed by atoms with Crippen LogP contribution < -0.4 is 15.8 Å². The molecule has 156 valence electrons. The van der Waals surface area contributed by atoms with Gasteiger partial charge in [0.15, 0.2) is 5.65 Å². The smallest absolute Gasteiger partial charge is 0.256 e. The molecule has 2 aliphatic heterocycles. The van der Waals surface area contributed by atoms with Crippen molar-refractivity contribution < 1.29 is 9.18 Å². The van der Waals surface area contributed by atoms with E-state index >= 15 is 0 Å². The van der Waals surface area contributed by atoms with Gasteiger partial charge in [0.2, 0.25) is 5.91 Å². The number of fused-ring (bicyclic) bond motifs is 6. The van der Waals surface area contributed by atoms with E-state index in [1.54, 1.807) is 16.9 Å². The van der Waals surface area contributed by atoms with Gasteiger partial charge in [-0.15, -0.1) is 0 Å². The average molecular weight is 410 g/mol. The number of nitrogens with one attached hydrogen (secondary N) is 1. The number of aromatic nitrogens is 4. The van der Waals surface area contributed by atoms with Gasteiger partial charge in [-0.05, 0) is 37.8 Å². The lowest BCUT2D eigenvalue weighted by Gasteiger charge is -2.26. The maximum absolute atomic E-state index is 14.4. The number of rotatable bonds is 0. The molecule has 3 aromatic rings. The molecule has 4 bridgehead atoms. The highest BCUT2D eigenvalue weighted by Gasteiger charge is 2.30. The zero-order chi connectivity index (χ0) is 20.7. The summed E-state index contributed by atoms with van der Waals surface area (Å²) in [4.78, 5) is 32.3. The molecule has 0 unspecified atom stereocenters. The average Bonchev–Trinajstić information content (AvgIpc) is 3.36. The van der Waals surface area contributed by atoms with E-state index in [0.717, 1.165) is 24.9 Å². The van der Waals surface area contributed by atoms with E-state index in [0.29, 0.717) is 43.0 Å². The van der Waals surface area contributed by atoms with Gasteiger partial charge in [0.1, 0.15) is 11.6 Å². The highest BCUT2D eigenvalue weighted by molar-refractivity contribution is 5.80. The Labute approximate surface area is 172 Å². The molecule has 0 spiro atoms. The molecule has 0 aliphatic carbocycles. The number of pyridine rings is 1. The third-order valence-electron chi connectivity index (χ3n) is 5.91. The summed E-state index contributed by atoms with van der Waals surface area (Å²) in [5.41, 5.74) is 1.70. The molecule has 3 aromatic heterocycles. The molecule has 5 heterocycles. The molecule has 8 nitrogen and oxygen atoms in total. The Morgan fingerprint density at radius 1 is 1.17 bits per heavy atom. The highest BCUT2D eigenvalue weighted by atomic mass is 19.1. The quantitative estimate of drug-likeness (QED) is 0.611. The number of anilines is 1. The van der Waals surface area contributed by atoms with Crippen LogP contribution in [-0.4, -0.2) is 38.2 Å². The van der Waals surface area contributed by atoms with Crippen molar-refractivity contribution in [2.24, 2.45) is 0 Å². The van der Waals surface area contributed by atoms with E-state index in [4.69, 9.17) is 4.98 Å². The summed E-state index contributed by atoms with van der Waals surface area (Å²) in [6.07, 6.45) is 8.00. The molecule has 2 aliphatic rings. The molecule has 1 fully saturated rings. The minimum atomic E-state index is -0.410. The molecule has 1 N–H and O–H groups in total. The van der Waals surface area contributed by atoms with Crippen molar-refractivity contribution in [1.29, 1.82) is 0 Å². The monoisotopic (exact) mass is 410 g/mol. The number of aryl methyl sites for hydroxylation is 1. The van der Waals surface area contributed by atoms with Crippen LogP contribution in [0, 0.1) is 5.82 Å². The van der Waals surface area contributed by atoms with Crippen LogP contribution in [0.25, 0.3) is 5.65 Å². The molecular weight excluding hydrogens is 387 g/mol. The minimum absolute atomic E-state index is 0.0894. The number of hydrogen-bond acceptors (Lipinski definition) is 5. The first-order chi connectivity index (χ1) is 14.6. The summed E-state index contributed by atoms with van der Waals surface area (Å²) in [6.45, 7) is 1.65. The van der Waals surface area contributed by atoms with Crippen molar-refractivity contribution in [2.75, 3.05) is 18.0 Å². The van der Waals surface area contributed by atoms with Gasteiger partial charge < -0.3 is 14.8 Å². The molecular formula is C21H23FN6O2. The van der Waals surface area contributed by atoms with Crippen LogP contribution in [0.4, 0.5) is 10.2 Å². The van der Waals surface area contributed by atoms with Crippen molar-refractivity contribution in [3.8, 4) is 0 Å². The topological polar surface area (TPSA) is 84.5 Å². The predicted octanol–water partition coefficient (Wildman–Crippen LogP) is 1.82. The van der Waals surface area contributed by atoms with Crippen molar-refractivity contribution in [3.63, 3.8) is 0 Å². The van der Waals surface area contributed by atoms with E-state index < -0.39 is 5.82 Å². The van der Waals surface area contributed by atoms with Gasteiger partial charge >= 0.3 is 0 Å². The van der Waals surface area contributed by atoms with Crippen LogP contribution in [0.15, 0.2) is 35.5 Å². The van der Waals surface area contributed by atoms with Crippen LogP contribution in [0.1, 0.15) is 42.9 Å². The second kappa shape index (κ2) is 7.55. The van der Waals surface area contributed by atoms with E-state index in [1.807, 2.05) is 6.07 Å². The first kappa shape index (κ1) is 18.8. The van der Waals surface area contributed by atoms with Crippen LogP contribution in [0.3, 0.4) is 0 Å². The van der Waals surface area contributed by atoms with E-state index in [-0.39, 0.29) is 23.9 Å². The maximum Gasteiger partial charge on any atom is 0.256 e. The zero-order valence-electron chi connectivity index (χ0n) is 16.6. The summed E-state index contributed by atoms with van der Waals surface area (Å²) in [6, 6.07) is 2.99. The second-order valence-corrected chi connectivity index (χ2v) is 7.92. The van der Waals surface area contributed by atoms with Crippen molar-refractivity contribution in [1.82, 2.24) is 24.5 Å². The van der Waals surface area contributed by atoms with Gasteiger partial charge in [0.25, 0.3) is 5.56 Å². The van der Waals surface area contributed by atoms with E-state index in [9.17, 15) is 14.0 Å². The number of carbonyl (C=O) groups is 1. The first-order valence-corrected chi connectivity index (χ1v) is 10.4. The van der Waals surface area contributed by atoms with Crippen LogP contribution in [0.5, 0.6) is 0 Å². The molecule has 1 saturated heterocycles. The Balaban J connectivity index is 1.63. The summed E-state index contributed by atoms with van der Waals surface area (Å²) in [7, 11) is 0. The maximum atomic E-state index is 14.4. The molecule has 9 heteroatoms. The Morgan fingerprint density at radius 3 is 2.97 bits per heavy atom. The molecule has 30 heavy (non-hydrogen) atoms. The summed E-state index contributed by atoms with van der Waals surface area (Å²) >= 11 is 0. The summed E-state index contributed by atoms with van der Waals surface area (Å²) in [5, 5.41) is 7.20. The normalized spacial score (nSPS) is 19.8. The predicted molar refractivity (Wildman–Crippen MR) is 109 cm³/mol. The molecule has 1 atom stereocenters. The largest absolute Gasteiger partial charge is 0.356 e. The molecule has 0 saturated carbocycles. The summed E-state index contributed by atoms with van der Waals surface area (Å²) in [5.74, 6) is 0.204. The van der Waals surface area contributed by atoms with Gasteiger partial charge in [-0.25, -0.2) is 13.9 Å². The fourth-order valence-corrected chi connectivity index (χ4v) is 4.45. The van der Waals surface area contributed by atoms with Gasteiger partial charge in [0, 0.05) is 43.2 Å². The fourth-order valence-electron chi connectivity index (χ4n) is 4.45. The molecule has 5 rings (SSSR count). The van der Waals surface area contributed by atoms with Gasteiger partial charge in [0.05, 0.1) is 18.7 Å². The third kappa shape index (κ3) is 3.34. The summed E-state index contributed by atoms with van der Waals surface area (Å²) < 4.78 is 17.5. The first-order valence-electron chi connectivity index (χ1n) is 10.4. The Hall–Kier alpha value is -3.23. The van der Waals surface area contributed by atoms with Crippen LogP contribution in [-0.2, 0) is 17.8 Å². The van der Waals surface area contributed by atoms with Gasteiger partial charge in [-0.1, -0.05) is 0 Å². The Morgan fingerprint density at radius 2 is 2.07 bits per heavy atom. The van der Waals surface area contributed by atoms with Crippen LogP contribution in [0.2, 0.25) is 0 Å². The van der Waals surface area contributed by atoms with Gasteiger partial charge in [-0.3, -0.25) is 9.59 Å². The number of halogens is 1.